The SMILES string of the molecule is O=C(O)COc1ccc(CN2CCOCC2)nc1Cl.OCc1ccc(O)c(Cl)n1. The second kappa shape index (κ2) is 11.7. The molecule has 1 fully saturated rings. The normalized spacial score (nSPS) is 14.0. The van der Waals surface area contributed by atoms with Crippen molar-refractivity contribution >= 4 is 29.2 Å². The van der Waals surface area contributed by atoms with Crippen molar-refractivity contribution in [3.63, 3.8) is 0 Å². The van der Waals surface area contributed by atoms with Gasteiger partial charge in [0.25, 0.3) is 0 Å². The molecule has 2 aromatic rings. The van der Waals surface area contributed by atoms with E-state index in [1.54, 1.807) is 12.1 Å². The van der Waals surface area contributed by atoms with E-state index in [0.29, 0.717) is 12.2 Å². The van der Waals surface area contributed by atoms with E-state index in [1.807, 2.05) is 0 Å². The molecule has 0 aliphatic carbocycles. The fourth-order valence-corrected chi connectivity index (χ4v) is 2.73. The fraction of sp³-hybridized carbons (Fsp3) is 0.389. The van der Waals surface area contributed by atoms with Crippen molar-refractivity contribution in [3.8, 4) is 11.5 Å². The van der Waals surface area contributed by atoms with E-state index < -0.39 is 12.6 Å². The van der Waals surface area contributed by atoms with E-state index in [2.05, 4.69) is 14.9 Å². The second-order valence-electron chi connectivity index (χ2n) is 5.93. The van der Waals surface area contributed by atoms with Gasteiger partial charge in [-0.3, -0.25) is 4.90 Å². The lowest BCUT2D eigenvalue weighted by molar-refractivity contribution is -0.139. The summed E-state index contributed by atoms with van der Waals surface area (Å²) >= 11 is 11.4. The van der Waals surface area contributed by atoms with Gasteiger partial charge in [-0.15, -0.1) is 0 Å². The van der Waals surface area contributed by atoms with Crippen molar-refractivity contribution in [3.05, 3.63) is 46.0 Å². The van der Waals surface area contributed by atoms with Crippen LogP contribution in [-0.4, -0.2) is 69.1 Å². The maximum atomic E-state index is 10.4. The van der Waals surface area contributed by atoms with Crippen LogP contribution in [0.1, 0.15) is 11.4 Å². The van der Waals surface area contributed by atoms with Gasteiger partial charge >= 0.3 is 5.97 Å². The van der Waals surface area contributed by atoms with Gasteiger partial charge in [-0.2, -0.15) is 0 Å². The lowest BCUT2D eigenvalue weighted by atomic mass is 10.3. The molecule has 0 radical (unpaired) electrons. The number of rotatable bonds is 6. The molecule has 0 atom stereocenters. The second-order valence-corrected chi connectivity index (χ2v) is 6.65. The number of carboxylic acid groups (broad SMARTS) is 1. The maximum Gasteiger partial charge on any atom is 0.341 e. The van der Waals surface area contributed by atoms with Crippen LogP contribution >= 0.6 is 23.2 Å². The molecule has 0 aromatic carbocycles. The van der Waals surface area contributed by atoms with E-state index in [9.17, 15) is 4.79 Å². The first-order valence-corrected chi connectivity index (χ1v) is 9.40. The number of morpholine rings is 1. The zero-order valence-electron chi connectivity index (χ0n) is 15.4. The minimum Gasteiger partial charge on any atom is -0.505 e. The third-order valence-corrected chi connectivity index (χ3v) is 4.31. The lowest BCUT2D eigenvalue weighted by Gasteiger charge is -2.26. The molecule has 3 heterocycles. The molecular weight excluding hydrogens is 425 g/mol. The standard InChI is InChI=1S/C12H15ClN2O4.C6H6ClNO2/c13-12-10(19-8-11(16)17)2-1-9(14-12)7-15-3-5-18-6-4-15;7-6-5(10)2-1-4(3-9)8-6/h1-2H,3-8H2,(H,16,17);1-2,9-10H,3H2. The van der Waals surface area contributed by atoms with Crippen LogP contribution in [0.4, 0.5) is 0 Å². The average molecular weight is 446 g/mol. The number of aliphatic carboxylic acids is 1. The number of aliphatic hydroxyl groups is 1. The number of hydrogen-bond donors (Lipinski definition) is 3. The molecule has 11 heteroatoms. The summed E-state index contributed by atoms with van der Waals surface area (Å²) in [5, 5.41) is 26.1. The van der Waals surface area contributed by atoms with Crippen LogP contribution < -0.4 is 4.74 Å². The molecule has 1 aliphatic rings. The molecular formula is C18H21Cl2N3O6. The molecule has 29 heavy (non-hydrogen) atoms. The Morgan fingerprint density at radius 2 is 1.76 bits per heavy atom. The topological polar surface area (TPSA) is 125 Å². The summed E-state index contributed by atoms with van der Waals surface area (Å²) in [6.07, 6.45) is 0. The minimum absolute atomic E-state index is 0.0200. The smallest absolute Gasteiger partial charge is 0.341 e. The first-order chi connectivity index (χ1) is 13.9. The van der Waals surface area contributed by atoms with Crippen LogP contribution in [0.25, 0.3) is 0 Å². The van der Waals surface area contributed by atoms with Crippen molar-refractivity contribution in [2.45, 2.75) is 13.2 Å². The lowest BCUT2D eigenvalue weighted by Crippen LogP contribution is -2.35. The highest BCUT2D eigenvalue weighted by atomic mass is 35.5. The Kier molecular flexibility index (Phi) is 9.36. The number of carbonyl (C=O) groups is 1. The van der Waals surface area contributed by atoms with Gasteiger partial charge in [-0.05, 0) is 24.3 Å². The summed E-state index contributed by atoms with van der Waals surface area (Å²) in [7, 11) is 0. The first kappa shape index (κ1) is 23.1. The molecule has 0 saturated carbocycles. The molecule has 1 aliphatic heterocycles. The van der Waals surface area contributed by atoms with Gasteiger partial charge in [0.2, 0.25) is 0 Å². The number of carboxylic acids is 1. The van der Waals surface area contributed by atoms with Gasteiger partial charge in [0.1, 0.15) is 0 Å². The Morgan fingerprint density at radius 1 is 1.10 bits per heavy atom. The van der Waals surface area contributed by atoms with Gasteiger partial charge in [0.15, 0.2) is 28.4 Å². The minimum atomic E-state index is -1.05. The predicted molar refractivity (Wildman–Crippen MR) is 105 cm³/mol. The van der Waals surface area contributed by atoms with E-state index in [0.717, 1.165) is 32.0 Å². The summed E-state index contributed by atoms with van der Waals surface area (Å²) in [6.45, 7) is 3.31. The van der Waals surface area contributed by atoms with Crippen molar-refractivity contribution in [1.29, 1.82) is 0 Å². The fourth-order valence-electron chi connectivity index (χ4n) is 2.34. The molecule has 0 amide bonds. The zero-order chi connectivity index (χ0) is 21.2. The van der Waals surface area contributed by atoms with E-state index in [-0.39, 0.29) is 28.4 Å². The third-order valence-electron chi connectivity index (χ3n) is 3.76. The number of aromatic hydroxyl groups is 1. The van der Waals surface area contributed by atoms with E-state index in [1.165, 1.54) is 12.1 Å². The highest BCUT2D eigenvalue weighted by Crippen LogP contribution is 2.23. The molecule has 0 spiro atoms. The number of ether oxygens (including phenoxy) is 2. The number of halogens is 2. The highest BCUT2D eigenvalue weighted by Gasteiger charge is 2.13. The first-order valence-electron chi connectivity index (χ1n) is 8.64. The summed E-state index contributed by atoms with van der Waals surface area (Å²) < 4.78 is 10.3. The van der Waals surface area contributed by atoms with Gasteiger partial charge in [0, 0.05) is 19.6 Å². The molecule has 0 bridgehead atoms. The van der Waals surface area contributed by atoms with Crippen LogP contribution in [0.3, 0.4) is 0 Å². The van der Waals surface area contributed by atoms with E-state index in [4.69, 9.17) is 48.0 Å². The Morgan fingerprint density at radius 3 is 2.34 bits per heavy atom. The quantitative estimate of drug-likeness (QED) is 0.571. The Hall–Kier alpha value is -2.17. The van der Waals surface area contributed by atoms with Crippen LogP contribution in [0, 0.1) is 0 Å². The largest absolute Gasteiger partial charge is 0.505 e. The summed E-state index contributed by atoms with van der Waals surface area (Å²) in [4.78, 5) is 20.5. The summed E-state index contributed by atoms with van der Waals surface area (Å²) in [5.74, 6) is -0.831. The van der Waals surface area contributed by atoms with Crippen LogP contribution in [0.15, 0.2) is 24.3 Å². The third kappa shape index (κ3) is 8.00. The van der Waals surface area contributed by atoms with Crippen molar-refractivity contribution < 1.29 is 29.6 Å². The van der Waals surface area contributed by atoms with Crippen molar-refractivity contribution in [2.75, 3.05) is 32.9 Å². The van der Waals surface area contributed by atoms with Gasteiger partial charge in [0.05, 0.1) is 31.2 Å². The summed E-state index contributed by atoms with van der Waals surface area (Å²) in [5.41, 5.74) is 1.28. The highest BCUT2D eigenvalue weighted by molar-refractivity contribution is 6.31. The Labute approximate surface area is 177 Å². The van der Waals surface area contributed by atoms with Crippen LogP contribution in [-0.2, 0) is 22.7 Å². The number of pyridine rings is 2. The Balaban J connectivity index is 0.000000253. The van der Waals surface area contributed by atoms with E-state index >= 15 is 0 Å². The molecule has 158 valence electrons. The summed E-state index contributed by atoms with van der Waals surface area (Å²) in [6, 6.07) is 6.33. The van der Waals surface area contributed by atoms with Crippen molar-refractivity contribution in [1.82, 2.24) is 14.9 Å². The number of nitrogens with zero attached hydrogens (tertiary/aromatic N) is 3. The molecule has 2 aromatic heterocycles. The van der Waals surface area contributed by atoms with Crippen LogP contribution in [0.5, 0.6) is 11.5 Å². The monoisotopic (exact) mass is 445 g/mol. The van der Waals surface area contributed by atoms with Gasteiger partial charge < -0.3 is 24.8 Å². The number of aliphatic hydroxyl groups excluding tert-OH is 1. The maximum absolute atomic E-state index is 10.4. The molecule has 0 unspecified atom stereocenters. The average Bonchev–Trinajstić information content (AvgIpc) is 2.70. The van der Waals surface area contributed by atoms with Gasteiger partial charge in [-0.1, -0.05) is 23.2 Å². The Bertz CT molecular complexity index is 818. The van der Waals surface area contributed by atoms with Crippen molar-refractivity contribution in [2.24, 2.45) is 0 Å². The predicted octanol–water partition coefficient (Wildman–Crippen LogP) is 1.96. The molecule has 1 saturated heterocycles. The molecule has 3 rings (SSSR count). The number of aromatic nitrogens is 2. The van der Waals surface area contributed by atoms with Gasteiger partial charge in [-0.25, -0.2) is 14.8 Å². The zero-order valence-corrected chi connectivity index (χ0v) is 16.9. The van der Waals surface area contributed by atoms with Crippen LogP contribution in [0.2, 0.25) is 10.3 Å². The molecule has 9 nitrogen and oxygen atoms in total. The number of hydrogen-bond acceptors (Lipinski definition) is 8. The molecule has 3 N–H and O–H groups in total.